The van der Waals surface area contributed by atoms with E-state index in [1.807, 2.05) is 6.92 Å². The molecule has 3 unspecified atom stereocenters. The zero-order valence-corrected chi connectivity index (χ0v) is 10.9. The van der Waals surface area contributed by atoms with Gasteiger partial charge in [-0.1, -0.05) is 6.92 Å². The molecule has 0 saturated carbocycles. The molecule has 18 heavy (non-hydrogen) atoms. The summed E-state index contributed by atoms with van der Waals surface area (Å²) in [6, 6.07) is -0.624. The van der Waals surface area contributed by atoms with Crippen LogP contribution in [0.15, 0.2) is 0 Å². The first-order valence-corrected chi connectivity index (χ1v) is 6.82. The van der Waals surface area contributed by atoms with Crippen molar-refractivity contribution >= 4 is 11.9 Å². The SMILES string of the molecule is CC1CCCN(C(=O)CC2CCNC2)C1C(=O)O. The Morgan fingerprint density at radius 2 is 2.17 bits per heavy atom. The van der Waals surface area contributed by atoms with Gasteiger partial charge in [0.15, 0.2) is 0 Å². The molecule has 0 aromatic carbocycles. The molecule has 102 valence electrons. The number of nitrogens with one attached hydrogen (secondary N) is 1. The average Bonchev–Trinajstić information content (AvgIpc) is 2.80. The van der Waals surface area contributed by atoms with Crippen LogP contribution in [0.2, 0.25) is 0 Å². The lowest BCUT2D eigenvalue weighted by molar-refractivity contribution is -0.155. The maximum atomic E-state index is 12.2. The maximum Gasteiger partial charge on any atom is 0.326 e. The predicted molar refractivity (Wildman–Crippen MR) is 67.1 cm³/mol. The molecule has 0 aliphatic carbocycles. The Labute approximate surface area is 108 Å². The third-order valence-corrected chi connectivity index (χ3v) is 4.13. The number of carboxylic acids is 1. The van der Waals surface area contributed by atoms with E-state index in [2.05, 4.69) is 5.32 Å². The number of likely N-dealkylation sites (tertiary alicyclic amines) is 1. The number of hydrogen-bond acceptors (Lipinski definition) is 3. The summed E-state index contributed by atoms with van der Waals surface area (Å²) in [6.07, 6.45) is 3.32. The average molecular weight is 254 g/mol. The Balaban J connectivity index is 1.99. The van der Waals surface area contributed by atoms with Crippen LogP contribution in [0.25, 0.3) is 0 Å². The molecule has 2 N–H and O–H groups in total. The van der Waals surface area contributed by atoms with E-state index in [-0.39, 0.29) is 11.8 Å². The van der Waals surface area contributed by atoms with E-state index >= 15 is 0 Å². The largest absolute Gasteiger partial charge is 0.480 e. The van der Waals surface area contributed by atoms with Crippen molar-refractivity contribution in [3.8, 4) is 0 Å². The summed E-state index contributed by atoms with van der Waals surface area (Å²) < 4.78 is 0. The molecular weight excluding hydrogens is 232 g/mol. The van der Waals surface area contributed by atoms with Crippen molar-refractivity contribution in [3.63, 3.8) is 0 Å². The number of hydrogen-bond donors (Lipinski definition) is 2. The summed E-state index contributed by atoms with van der Waals surface area (Å²) in [7, 11) is 0. The summed E-state index contributed by atoms with van der Waals surface area (Å²) in [6.45, 7) is 4.37. The highest BCUT2D eigenvalue weighted by Gasteiger charge is 2.37. The first-order chi connectivity index (χ1) is 8.59. The minimum Gasteiger partial charge on any atom is -0.480 e. The van der Waals surface area contributed by atoms with Crippen LogP contribution < -0.4 is 5.32 Å². The molecular formula is C13H22N2O3. The van der Waals surface area contributed by atoms with Gasteiger partial charge in [-0.2, -0.15) is 0 Å². The second kappa shape index (κ2) is 5.69. The Morgan fingerprint density at radius 3 is 2.78 bits per heavy atom. The molecule has 2 rings (SSSR count). The van der Waals surface area contributed by atoms with Gasteiger partial charge in [0, 0.05) is 13.0 Å². The Kier molecular flexibility index (Phi) is 4.22. The van der Waals surface area contributed by atoms with Crippen LogP contribution in [-0.4, -0.2) is 47.6 Å². The first-order valence-electron chi connectivity index (χ1n) is 6.82. The van der Waals surface area contributed by atoms with Crippen molar-refractivity contribution < 1.29 is 14.7 Å². The van der Waals surface area contributed by atoms with E-state index < -0.39 is 12.0 Å². The second-order valence-corrected chi connectivity index (χ2v) is 5.55. The van der Waals surface area contributed by atoms with Crippen LogP contribution in [0.5, 0.6) is 0 Å². The minimum absolute atomic E-state index is 0.0163. The molecule has 3 atom stereocenters. The fourth-order valence-corrected chi connectivity index (χ4v) is 3.10. The highest BCUT2D eigenvalue weighted by molar-refractivity contribution is 5.84. The van der Waals surface area contributed by atoms with Crippen molar-refractivity contribution in [3.05, 3.63) is 0 Å². The number of carboxylic acid groups (broad SMARTS) is 1. The maximum absolute atomic E-state index is 12.2. The van der Waals surface area contributed by atoms with E-state index in [1.54, 1.807) is 4.90 Å². The molecule has 2 fully saturated rings. The van der Waals surface area contributed by atoms with Gasteiger partial charge in [0.25, 0.3) is 0 Å². The molecule has 0 aromatic rings. The molecule has 0 spiro atoms. The number of amides is 1. The van der Waals surface area contributed by atoms with E-state index in [9.17, 15) is 14.7 Å². The zero-order chi connectivity index (χ0) is 13.1. The summed E-state index contributed by atoms with van der Waals surface area (Å²) in [4.78, 5) is 25.2. The van der Waals surface area contributed by atoms with Crippen molar-refractivity contribution in [2.75, 3.05) is 19.6 Å². The van der Waals surface area contributed by atoms with E-state index in [1.165, 1.54) is 0 Å². The molecule has 2 saturated heterocycles. The normalized spacial score (nSPS) is 32.5. The molecule has 2 aliphatic heterocycles. The lowest BCUT2D eigenvalue weighted by atomic mass is 9.90. The van der Waals surface area contributed by atoms with Gasteiger partial charge in [0.05, 0.1) is 0 Å². The van der Waals surface area contributed by atoms with Crippen molar-refractivity contribution in [2.24, 2.45) is 11.8 Å². The second-order valence-electron chi connectivity index (χ2n) is 5.55. The van der Waals surface area contributed by atoms with Crippen LogP contribution in [0.1, 0.15) is 32.6 Å². The molecule has 0 radical (unpaired) electrons. The predicted octanol–water partition coefficient (Wildman–Crippen LogP) is 0.698. The molecule has 1 amide bonds. The van der Waals surface area contributed by atoms with Crippen LogP contribution in [-0.2, 0) is 9.59 Å². The molecule has 0 aromatic heterocycles. The molecule has 5 nitrogen and oxygen atoms in total. The van der Waals surface area contributed by atoms with Gasteiger partial charge < -0.3 is 15.3 Å². The fraction of sp³-hybridized carbons (Fsp3) is 0.846. The highest BCUT2D eigenvalue weighted by Crippen LogP contribution is 2.25. The monoisotopic (exact) mass is 254 g/mol. The van der Waals surface area contributed by atoms with Crippen LogP contribution >= 0.6 is 0 Å². The Morgan fingerprint density at radius 1 is 1.39 bits per heavy atom. The Hall–Kier alpha value is -1.10. The van der Waals surface area contributed by atoms with Crippen molar-refractivity contribution in [1.82, 2.24) is 10.2 Å². The van der Waals surface area contributed by atoms with Gasteiger partial charge in [0.2, 0.25) is 5.91 Å². The van der Waals surface area contributed by atoms with E-state index in [0.717, 1.165) is 32.4 Å². The lowest BCUT2D eigenvalue weighted by Gasteiger charge is -2.37. The lowest BCUT2D eigenvalue weighted by Crippen LogP contribution is -2.52. The fourth-order valence-electron chi connectivity index (χ4n) is 3.10. The summed E-state index contributed by atoms with van der Waals surface area (Å²) in [5.41, 5.74) is 0. The number of carbonyl (C=O) groups is 2. The van der Waals surface area contributed by atoms with Gasteiger partial charge >= 0.3 is 5.97 Å². The topological polar surface area (TPSA) is 69.6 Å². The van der Waals surface area contributed by atoms with Crippen LogP contribution in [0.3, 0.4) is 0 Å². The van der Waals surface area contributed by atoms with Crippen LogP contribution in [0.4, 0.5) is 0 Å². The zero-order valence-electron chi connectivity index (χ0n) is 10.9. The summed E-state index contributed by atoms with van der Waals surface area (Å²) >= 11 is 0. The van der Waals surface area contributed by atoms with Crippen molar-refractivity contribution in [1.29, 1.82) is 0 Å². The standard InChI is InChI=1S/C13H22N2O3/c1-9-3-2-6-15(12(9)13(17)18)11(16)7-10-4-5-14-8-10/h9-10,12,14H,2-8H2,1H3,(H,17,18). The number of rotatable bonds is 3. The smallest absolute Gasteiger partial charge is 0.326 e. The first kappa shape index (κ1) is 13.3. The summed E-state index contributed by atoms with van der Waals surface area (Å²) in [5, 5.41) is 12.5. The third-order valence-electron chi connectivity index (χ3n) is 4.13. The van der Waals surface area contributed by atoms with Crippen LogP contribution in [0, 0.1) is 11.8 Å². The molecule has 5 heteroatoms. The van der Waals surface area contributed by atoms with Gasteiger partial charge in [-0.25, -0.2) is 4.79 Å². The molecule has 2 heterocycles. The van der Waals surface area contributed by atoms with E-state index in [4.69, 9.17) is 0 Å². The van der Waals surface area contributed by atoms with Gasteiger partial charge in [-0.15, -0.1) is 0 Å². The minimum atomic E-state index is -0.861. The molecule has 2 aliphatic rings. The highest BCUT2D eigenvalue weighted by atomic mass is 16.4. The van der Waals surface area contributed by atoms with Gasteiger partial charge in [-0.05, 0) is 44.2 Å². The van der Waals surface area contributed by atoms with Gasteiger partial charge in [0.1, 0.15) is 6.04 Å². The third kappa shape index (κ3) is 2.83. The summed E-state index contributed by atoms with van der Waals surface area (Å²) in [5.74, 6) is -0.408. The van der Waals surface area contributed by atoms with Crippen molar-refractivity contribution in [2.45, 2.75) is 38.6 Å². The van der Waals surface area contributed by atoms with Gasteiger partial charge in [-0.3, -0.25) is 4.79 Å². The van der Waals surface area contributed by atoms with E-state index in [0.29, 0.717) is 18.9 Å². The number of piperidine rings is 1. The number of nitrogens with zero attached hydrogens (tertiary/aromatic N) is 1. The Bertz CT molecular complexity index is 326. The molecule has 0 bridgehead atoms. The quantitative estimate of drug-likeness (QED) is 0.778. The number of carbonyl (C=O) groups excluding carboxylic acids is 1. The number of aliphatic carboxylic acids is 1.